The van der Waals surface area contributed by atoms with Crippen LogP contribution < -0.4 is 24.3 Å². The van der Waals surface area contributed by atoms with Gasteiger partial charge < -0.3 is 24.3 Å². The molecular weight excluding hydrogens is 464 g/mol. The minimum absolute atomic E-state index is 0.187. The number of ether oxygens (including phenoxy) is 4. The van der Waals surface area contributed by atoms with E-state index in [1.807, 2.05) is 30.3 Å². The van der Waals surface area contributed by atoms with Crippen molar-refractivity contribution < 1.29 is 23.7 Å². The van der Waals surface area contributed by atoms with Crippen LogP contribution in [0.2, 0.25) is 0 Å². The summed E-state index contributed by atoms with van der Waals surface area (Å²) in [5.41, 5.74) is 3.06. The van der Waals surface area contributed by atoms with Crippen molar-refractivity contribution >= 4 is 34.1 Å². The summed E-state index contributed by atoms with van der Waals surface area (Å²) in [5.74, 6) is 2.58. The molecule has 1 atom stereocenters. The molecule has 1 aromatic heterocycles. The molecule has 2 aromatic carbocycles. The van der Waals surface area contributed by atoms with Crippen LogP contribution >= 0.6 is 11.3 Å². The standard InChI is InChI=1S/C27H30N2O5S/c1-16-10-12-18-22(14-16)35-27(23(18)26(30)29-19-8-6-7-9-20(19)31-2)28-15-17-11-13-21(32-3)25(34-5)24(17)33-4/h6-9,11,13,15-16H,10,12,14H2,1-5H3,(H,29,30). The number of hydrogen-bond acceptors (Lipinski definition) is 7. The second-order valence-electron chi connectivity index (χ2n) is 8.37. The molecule has 0 saturated carbocycles. The van der Waals surface area contributed by atoms with Crippen LogP contribution in [0.4, 0.5) is 10.7 Å². The van der Waals surface area contributed by atoms with Gasteiger partial charge in [-0.05, 0) is 55.0 Å². The van der Waals surface area contributed by atoms with Crippen LogP contribution in [0.25, 0.3) is 0 Å². The van der Waals surface area contributed by atoms with Crippen molar-refractivity contribution in [1.82, 2.24) is 0 Å². The van der Waals surface area contributed by atoms with Crippen LogP contribution in [-0.4, -0.2) is 40.6 Å². The van der Waals surface area contributed by atoms with Gasteiger partial charge in [-0.2, -0.15) is 0 Å². The van der Waals surface area contributed by atoms with Gasteiger partial charge >= 0.3 is 0 Å². The van der Waals surface area contributed by atoms with Crippen molar-refractivity contribution in [3.8, 4) is 23.0 Å². The molecule has 35 heavy (non-hydrogen) atoms. The van der Waals surface area contributed by atoms with Crippen LogP contribution in [0.3, 0.4) is 0 Å². The molecule has 4 rings (SSSR count). The maximum atomic E-state index is 13.5. The van der Waals surface area contributed by atoms with Crippen molar-refractivity contribution in [3.63, 3.8) is 0 Å². The highest BCUT2D eigenvalue weighted by molar-refractivity contribution is 7.16. The molecule has 1 N–H and O–H groups in total. The third-order valence-corrected chi connectivity index (χ3v) is 7.29. The number of rotatable bonds is 8. The summed E-state index contributed by atoms with van der Waals surface area (Å²) in [7, 11) is 6.31. The number of carbonyl (C=O) groups is 1. The van der Waals surface area contributed by atoms with Crippen LogP contribution in [0.15, 0.2) is 41.4 Å². The van der Waals surface area contributed by atoms with E-state index in [0.717, 1.165) is 30.4 Å². The van der Waals surface area contributed by atoms with Crippen molar-refractivity contribution in [3.05, 3.63) is 58.0 Å². The first-order valence-electron chi connectivity index (χ1n) is 11.4. The lowest BCUT2D eigenvalue weighted by Gasteiger charge is -2.18. The third kappa shape index (κ3) is 4.98. The Labute approximate surface area is 209 Å². The minimum Gasteiger partial charge on any atom is -0.495 e. The number of amides is 1. The predicted octanol–water partition coefficient (Wildman–Crippen LogP) is 5.91. The van der Waals surface area contributed by atoms with Gasteiger partial charge in [-0.3, -0.25) is 4.79 Å². The quantitative estimate of drug-likeness (QED) is 0.394. The van der Waals surface area contributed by atoms with E-state index in [0.29, 0.717) is 45.2 Å². The smallest absolute Gasteiger partial charge is 0.259 e. The second kappa shape index (κ2) is 10.8. The van der Waals surface area contributed by atoms with E-state index in [9.17, 15) is 4.79 Å². The van der Waals surface area contributed by atoms with Gasteiger partial charge in [0.2, 0.25) is 5.75 Å². The number of aliphatic imine (C=N–C) groups is 1. The maximum Gasteiger partial charge on any atom is 0.259 e. The summed E-state index contributed by atoms with van der Waals surface area (Å²) in [6.45, 7) is 2.24. The van der Waals surface area contributed by atoms with Gasteiger partial charge in [0.25, 0.3) is 5.91 Å². The van der Waals surface area contributed by atoms with Crippen molar-refractivity contribution in [2.75, 3.05) is 33.8 Å². The van der Waals surface area contributed by atoms with E-state index in [2.05, 4.69) is 12.2 Å². The molecule has 1 unspecified atom stereocenters. The van der Waals surface area contributed by atoms with E-state index in [-0.39, 0.29) is 5.91 Å². The molecule has 1 aliphatic rings. The average Bonchev–Trinajstić information content (AvgIpc) is 3.24. The summed E-state index contributed by atoms with van der Waals surface area (Å²) < 4.78 is 21.9. The molecule has 1 amide bonds. The zero-order valence-corrected chi connectivity index (χ0v) is 21.5. The largest absolute Gasteiger partial charge is 0.495 e. The summed E-state index contributed by atoms with van der Waals surface area (Å²) in [5, 5.41) is 3.70. The van der Waals surface area contributed by atoms with Gasteiger partial charge in [0.1, 0.15) is 10.8 Å². The number of para-hydroxylation sites is 2. The zero-order valence-electron chi connectivity index (χ0n) is 20.6. The van der Waals surface area contributed by atoms with Crippen molar-refractivity contribution in [2.24, 2.45) is 10.9 Å². The van der Waals surface area contributed by atoms with Crippen molar-refractivity contribution in [2.45, 2.75) is 26.2 Å². The number of carbonyl (C=O) groups excluding carboxylic acids is 1. The first-order valence-corrected chi connectivity index (χ1v) is 12.2. The normalized spacial score (nSPS) is 14.9. The molecule has 0 aliphatic heterocycles. The summed E-state index contributed by atoms with van der Waals surface area (Å²) in [6, 6.07) is 11.0. The molecular formula is C27H30N2O5S. The highest BCUT2D eigenvalue weighted by atomic mass is 32.1. The number of hydrogen-bond donors (Lipinski definition) is 1. The topological polar surface area (TPSA) is 78.4 Å². The Bertz CT molecular complexity index is 1250. The van der Waals surface area contributed by atoms with Crippen LogP contribution in [0, 0.1) is 5.92 Å². The molecule has 184 valence electrons. The Hall–Kier alpha value is -3.52. The highest BCUT2D eigenvalue weighted by Gasteiger charge is 2.28. The molecule has 8 heteroatoms. The molecule has 0 fully saturated rings. The zero-order chi connectivity index (χ0) is 24.9. The van der Waals surface area contributed by atoms with E-state index < -0.39 is 0 Å². The fourth-order valence-corrected chi connectivity index (χ4v) is 5.70. The number of nitrogens with zero attached hydrogens (tertiary/aromatic N) is 1. The third-order valence-electron chi connectivity index (χ3n) is 6.13. The molecule has 0 bridgehead atoms. The molecule has 0 spiro atoms. The minimum atomic E-state index is -0.187. The van der Waals surface area contributed by atoms with Crippen LogP contribution in [-0.2, 0) is 12.8 Å². The first-order chi connectivity index (χ1) is 17.0. The average molecular weight is 495 g/mol. The summed E-state index contributed by atoms with van der Waals surface area (Å²) in [6.07, 6.45) is 4.56. The molecule has 3 aromatic rings. The number of thiophene rings is 1. The summed E-state index contributed by atoms with van der Waals surface area (Å²) in [4.78, 5) is 19.5. The maximum absolute atomic E-state index is 13.5. The van der Waals surface area contributed by atoms with Crippen molar-refractivity contribution in [1.29, 1.82) is 0 Å². The van der Waals surface area contributed by atoms with Crippen LogP contribution in [0.5, 0.6) is 23.0 Å². The number of fused-ring (bicyclic) bond motifs is 1. The number of methoxy groups -OCH3 is 4. The SMILES string of the molecule is COc1ccccc1NC(=O)c1c(N=Cc2ccc(OC)c(OC)c2OC)sc2c1CCC(C)C2. The Balaban J connectivity index is 1.75. The Morgan fingerprint density at radius 3 is 2.46 bits per heavy atom. The fraction of sp³-hybridized carbons (Fsp3) is 0.333. The van der Waals surface area contributed by atoms with Gasteiger partial charge in [-0.15, -0.1) is 11.3 Å². The Morgan fingerprint density at radius 1 is 1.00 bits per heavy atom. The Kier molecular flexibility index (Phi) is 7.60. The number of anilines is 1. The monoisotopic (exact) mass is 494 g/mol. The first kappa shape index (κ1) is 24.6. The fourth-order valence-electron chi connectivity index (χ4n) is 4.35. The van der Waals surface area contributed by atoms with Gasteiger partial charge in [0, 0.05) is 16.7 Å². The molecule has 0 radical (unpaired) electrons. The molecule has 7 nitrogen and oxygen atoms in total. The molecule has 1 aliphatic carbocycles. The lowest BCUT2D eigenvalue weighted by Crippen LogP contribution is -2.17. The van der Waals surface area contributed by atoms with Gasteiger partial charge in [0.15, 0.2) is 11.5 Å². The van der Waals surface area contributed by atoms with E-state index in [4.69, 9.17) is 23.9 Å². The van der Waals surface area contributed by atoms with Crippen LogP contribution in [0.1, 0.15) is 39.7 Å². The van der Waals surface area contributed by atoms with E-state index in [1.54, 1.807) is 52.1 Å². The lowest BCUT2D eigenvalue weighted by molar-refractivity contribution is 0.102. The second-order valence-corrected chi connectivity index (χ2v) is 9.45. The number of nitrogens with one attached hydrogen (secondary N) is 1. The predicted molar refractivity (Wildman–Crippen MR) is 140 cm³/mol. The Morgan fingerprint density at radius 2 is 1.74 bits per heavy atom. The van der Waals surface area contributed by atoms with Gasteiger partial charge in [-0.1, -0.05) is 19.1 Å². The highest BCUT2D eigenvalue weighted by Crippen LogP contribution is 2.43. The molecule has 0 saturated heterocycles. The van der Waals surface area contributed by atoms with E-state index >= 15 is 0 Å². The van der Waals surface area contributed by atoms with Gasteiger partial charge in [-0.25, -0.2) is 4.99 Å². The number of benzene rings is 2. The summed E-state index contributed by atoms with van der Waals surface area (Å²) >= 11 is 1.58. The molecule has 1 heterocycles. The van der Waals surface area contributed by atoms with Gasteiger partial charge in [0.05, 0.1) is 39.7 Å². The lowest BCUT2D eigenvalue weighted by atomic mass is 9.88. The van der Waals surface area contributed by atoms with E-state index in [1.165, 1.54) is 4.88 Å².